The molecular weight excluding hydrogens is 310 g/mol. The van der Waals surface area contributed by atoms with Crippen molar-refractivity contribution in [2.24, 2.45) is 0 Å². The second-order valence-corrected chi connectivity index (χ2v) is 6.25. The molecule has 0 unspecified atom stereocenters. The standard InChI is InChI=1S/C22H30.2Na.2H/c1-2-3-4-5-6-7-8-10-15-21-18-13-14-19-22(21)20-16-11-9-12-17-20;;;;/h9,11-14,16-19H,2-8,10,15H2,1H3;;;;. The minimum absolute atomic E-state index is 0. The molecule has 0 saturated carbocycles. The maximum atomic E-state index is 2.30. The average Bonchev–Trinajstić information content (AvgIpc) is 2.58. The summed E-state index contributed by atoms with van der Waals surface area (Å²) in [4.78, 5) is 0. The Labute approximate surface area is 193 Å². The van der Waals surface area contributed by atoms with Crippen molar-refractivity contribution in [3.05, 3.63) is 60.2 Å². The second kappa shape index (κ2) is 15.7. The molecule has 0 fully saturated rings. The van der Waals surface area contributed by atoms with Gasteiger partial charge in [0.15, 0.2) is 0 Å². The molecule has 0 aliphatic heterocycles. The van der Waals surface area contributed by atoms with Gasteiger partial charge in [0.05, 0.1) is 0 Å². The first-order valence-corrected chi connectivity index (χ1v) is 9.05. The average molecular weight is 342 g/mol. The number of hydrogen-bond donors (Lipinski definition) is 0. The van der Waals surface area contributed by atoms with E-state index in [1.807, 2.05) is 0 Å². The molecule has 122 valence electrons. The Hall–Kier alpha value is 0.440. The van der Waals surface area contributed by atoms with E-state index in [9.17, 15) is 0 Å². The molecular formula is C22H32Na2. The van der Waals surface area contributed by atoms with Crippen LogP contribution in [0.2, 0.25) is 0 Å². The first kappa shape index (κ1) is 24.4. The van der Waals surface area contributed by atoms with Gasteiger partial charge in [-0.25, -0.2) is 0 Å². The summed E-state index contributed by atoms with van der Waals surface area (Å²) in [7, 11) is 0. The van der Waals surface area contributed by atoms with Gasteiger partial charge in [-0.15, -0.1) is 0 Å². The van der Waals surface area contributed by atoms with Gasteiger partial charge in [0.25, 0.3) is 0 Å². The van der Waals surface area contributed by atoms with Crippen molar-refractivity contribution < 1.29 is 0 Å². The Morgan fingerprint density at radius 1 is 0.583 bits per heavy atom. The molecule has 0 saturated heterocycles. The molecule has 2 aromatic carbocycles. The molecule has 0 bridgehead atoms. The van der Waals surface area contributed by atoms with Gasteiger partial charge in [0.1, 0.15) is 0 Å². The van der Waals surface area contributed by atoms with E-state index in [1.54, 1.807) is 0 Å². The van der Waals surface area contributed by atoms with Crippen molar-refractivity contribution in [3.63, 3.8) is 0 Å². The van der Waals surface area contributed by atoms with Gasteiger partial charge in [-0.05, 0) is 29.5 Å². The van der Waals surface area contributed by atoms with E-state index in [1.165, 1.54) is 74.5 Å². The van der Waals surface area contributed by atoms with E-state index in [0.29, 0.717) is 0 Å². The topological polar surface area (TPSA) is 0 Å². The van der Waals surface area contributed by atoms with Gasteiger partial charge < -0.3 is 0 Å². The summed E-state index contributed by atoms with van der Waals surface area (Å²) in [5.74, 6) is 0. The van der Waals surface area contributed by atoms with Gasteiger partial charge in [0.2, 0.25) is 0 Å². The predicted octanol–water partition coefficient (Wildman–Crippen LogP) is 5.74. The zero-order valence-corrected chi connectivity index (χ0v) is 14.1. The van der Waals surface area contributed by atoms with Crippen LogP contribution in [0.3, 0.4) is 0 Å². The summed E-state index contributed by atoms with van der Waals surface area (Å²) < 4.78 is 0. The third kappa shape index (κ3) is 9.22. The third-order valence-corrected chi connectivity index (χ3v) is 4.40. The number of rotatable bonds is 10. The Morgan fingerprint density at radius 2 is 1.12 bits per heavy atom. The van der Waals surface area contributed by atoms with Crippen LogP contribution in [0.5, 0.6) is 0 Å². The molecule has 0 spiro atoms. The summed E-state index contributed by atoms with van der Waals surface area (Å²) in [6, 6.07) is 19.7. The molecule has 0 nitrogen and oxygen atoms in total. The molecule has 0 heterocycles. The molecule has 0 radical (unpaired) electrons. The van der Waals surface area contributed by atoms with Gasteiger partial charge in [-0.1, -0.05) is 106 Å². The molecule has 2 rings (SSSR count). The zero-order chi connectivity index (χ0) is 15.5. The van der Waals surface area contributed by atoms with Crippen LogP contribution < -0.4 is 0 Å². The number of benzene rings is 2. The molecule has 0 N–H and O–H groups in total. The molecule has 0 atom stereocenters. The number of unbranched alkanes of at least 4 members (excludes halogenated alkanes) is 7. The maximum absolute atomic E-state index is 2.30. The minimum atomic E-state index is 0. The van der Waals surface area contributed by atoms with Crippen molar-refractivity contribution in [1.29, 1.82) is 0 Å². The van der Waals surface area contributed by atoms with Crippen molar-refractivity contribution in [2.45, 2.75) is 64.7 Å². The Bertz CT molecular complexity index is 523. The molecule has 0 aromatic heterocycles. The quantitative estimate of drug-likeness (QED) is 0.381. The van der Waals surface area contributed by atoms with Crippen LogP contribution in [-0.2, 0) is 6.42 Å². The summed E-state index contributed by atoms with van der Waals surface area (Å²) in [5, 5.41) is 0. The normalized spacial score (nSPS) is 9.88. The fourth-order valence-electron chi connectivity index (χ4n) is 3.09. The summed E-state index contributed by atoms with van der Waals surface area (Å²) in [6.45, 7) is 2.28. The molecule has 0 amide bonds. The van der Waals surface area contributed by atoms with Gasteiger partial charge in [0, 0.05) is 0 Å². The van der Waals surface area contributed by atoms with E-state index in [0.717, 1.165) is 0 Å². The first-order valence-electron chi connectivity index (χ1n) is 9.05. The van der Waals surface area contributed by atoms with E-state index < -0.39 is 0 Å². The number of aryl methyl sites for hydroxylation is 1. The summed E-state index contributed by atoms with van der Waals surface area (Å²) in [6.07, 6.45) is 12.3. The molecule has 2 heteroatoms. The molecule has 0 aliphatic carbocycles. The predicted molar refractivity (Wildman–Crippen MR) is 112 cm³/mol. The molecule has 2 aromatic rings. The molecule has 0 aliphatic rings. The zero-order valence-electron chi connectivity index (χ0n) is 14.1. The van der Waals surface area contributed by atoms with E-state index in [2.05, 4.69) is 61.5 Å². The van der Waals surface area contributed by atoms with Crippen molar-refractivity contribution in [2.75, 3.05) is 0 Å². The van der Waals surface area contributed by atoms with Gasteiger partial charge in [-0.3, -0.25) is 0 Å². The van der Waals surface area contributed by atoms with E-state index in [-0.39, 0.29) is 59.1 Å². The van der Waals surface area contributed by atoms with Crippen LogP contribution >= 0.6 is 0 Å². The van der Waals surface area contributed by atoms with Crippen LogP contribution in [0.25, 0.3) is 11.1 Å². The van der Waals surface area contributed by atoms with E-state index in [4.69, 9.17) is 0 Å². The monoisotopic (exact) mass is 342 g/mol. The van der Waals surface area contributed by atoms with Crippen molar-refractivity contribution in [3.8, 4) is 11.1 Å². The number of hydrogen-bond acceptors (Lipinski definition) is 0. The van der Waals surface area contributed by atoms with Crippen molar-refractivity contribution in [1.82, 2.24) is 0 Å². The third-order valence-electron chi connectivity index (χ3n) is 4.40. The van der Waals surface area contributed by atoms with Crippen LogP contribution in [0, 0.1) is 0 Å². The fraction of sp³-hybridized carbons (Fsp3) is 0.455. The van der Waals surface area contributed by atoms with Crippen LogP contribution in [0.15, 0.2) is 54.6 Å². The van der Waals surface area contributed by atoms with Crippen LogP contribution in [0.4, 0.5) is 0 Å². The van der Waals surface area contributed by atoms with Gasteiger partial charge >= 0.3 is 59.1 Å². The summed E-state index contributed by atoms with van der Waals surface area (Å²) >= 11 is 0. The first-order chi connectivity index (χ1) is 10.9. The van der Waals surface area contributed by atoms with Crippen LogP contribution in [-0.4, -0.2) is 59.1 Å². The Morgan fingerprint density at radius 3 is 1.79 bits per heavy atom. The second-order valence-electron chi connectivity index (χ2n) is 6.25. The Balaban J connectivity index is 0.00000264. The SMILES string of the molecule is CCCCCCCCCCc1ccccc1-c1ccccc1.[NaH].[NaH]. The molecule has 24 heavy (non-hydrogen) atoms. The Kier molecular flexibility index (Phi) is 16.0. The fourth-order valence-corrected chi connectivity index (χ4v) is 3.09. The van der Waals surface area contributed by atoms with Crippen molar-refractivity contribution >= 4 is 59.1 Å². The van der Waals surface area contributed by atoms with Crippen LogP contribution in [0.1, 0.15) is 63.9 Å². The van der Waals surface area contributed by atoms with Gasteiger partial charge in [-0.2, -0.15) is 0 Å². The van der Waals surface area contributed by atoms with E-state index >= 15 is 0 Å². The summed E-state index contributed by atoms with van der Waals surface area (Å²) in [5.41, 5.74) is 4.25.